The van der Waals surface area contributed by atoms with E-state index in [1.54, 1.807) is 18.9 Å². The molecule has 0 aromatic carbocycles. The van der Waals surface area contributed by atoms with E-state index >= 15 is 0 Å². The van der Waals surface area contributed by atoms with Gasteiger partial charge in [-0.2, -0.15) is 0 Å². The van der Waals surface area contributed by atoms with Crippen LogP contribution in [0.4, 0.5) is 4.79 Å². The molecule has 8 nitrogen and oxygen atoms in total. The summed E-state index contributed by atoms with van der Waals surface area (Å²) in [7, 11) is 1.71. The summed E-state index contributed by atoms with van der Waals surface area (Å²) >= 11 is 0. The van der Waals surface area contributed by atoms with E-state index in [4.69, 9.17) is 4.74 Å². The Kier molecular flexibility index (Phi) is 5.74. The molecule has 4 atom stereocenters. The third-order valence-electron chi connectivity index (χ3n) is 5.64. The monoisotopic (exact) mass is 379 g/mol. The lowest BCUT2D eigenvalue weighted by molar-refractivity contribution is -0.149. The van der Waals surface area contributed by atoms with Crippen molar-refractivity contribution < 1.29 is 24.2 Å². The number of carbonyl (C=O) groups excluding carboxylic acids is 3. The van der Waals surface area contributed by atoms with Crippen molar-refractivity contribution >= 4 is 17.9 Å². The number of rotatable bonds is 2. The van der Waals surface area contributed by atoms with Crippen LogP contribution in [0.15, 0.2) is 12.2 Å². The van der Waals surface area contributed by atoms with Crippen LogP contribution in [-0.2, 0) is 14.3 Å². The van der Waals surface area contributed by atoms with Gasteiger partial charge in [-0.05, 0) is 32.6 Å². The fraction of sp³-hybridized carbons (Fsp3) is 0.737. The van der Waals surface area contributed by atoms with Crippen LogP contribution in [0.5, 0.6) is 0 Å². The van der Waals surface area contributed by atoms with Gasteiger partial charge < -0.3 is 25.0 Å². The van der Waals surface area contributed by atoms with E-state index < -0.39 is 29.6 Å². The van der Waals surface area contributed by atoms with Crippen LogP contribution in [0.2, 0.25) is 0 Å². The molecule has 0 aromatic heterocycles. The van der Waals surface area contributed by atoms with Crippen molar-refractivity contribution in [2.45, 2.75) is 56.7 Å². The number of fused-ring (bicyclic) bond motifs is 2. The Bertz CT molecular complexity index is 637. The molecule has 2 heterocycles. The molecule has 3 amide bonds. The second kappa shape index (κ2) is 7.88. The quantitative estimate of drug-likeness (QED) is 0.542. The molecule has 0 radical (unpaired) electrons. The maximum Gasteiger partial charge on any atom is 0.332 e. The summed E-state index contributed by atoms with van der Waals surface area (Å²) in [6.45, 7) is 2.70. The van der Waals surface area contributed by atoms with Crippen molar-refractivity contribution in [3.05, 3.63) is 12.2 Å². The Morgan fingerprint density at radius 1 is 1.41 bits per heavy atom. The van der Waals surface area contributed by atoms with E-state index in [-0.39, 0.29) is 31.5 Å². The molecule has 150 valence electrons. The molecular formula is C19H29N3O5. The van der Waals surface area contributed by atoms with Crippen LogP contribution in [0.1, 0.15) is 39.0 Å². The highest BCUT2D eigenvalue weighted by Crippen LogP contribution is 2.46. The number of amides is 3. The van der Waals surface area contributed by atoms with Crippen molar-refractivity contribution in [3.8, 4) is 0 Å². The van der Waals surface area contributed by atoms with Gasteiger partial charge in [0.25, 0.3) is 0 Å². The molecule has 8 heteroatoms. The van der Waals surface area contributed by atoms with Gasteiger partial charge in [0, 0.05) is 32.5 Å². The van der Waals surface area contributed by atoms with Gasteiger partial charge in [-0.15, -0.1) is 0 Å². The van der Waals surface area contributed by atoms with Crippen LogP contribution in [0.3, 0.4) is 0 Å². The Morgan fingerprint density at radius 2 is 2.19 bits per heavy atom. The highest BCUT2D eigenvalue weighted by atomic mass is 16.5. The number of ether oxygens (including phenoxy) is 1. The first kappa shape index (κ1) is 19.7. The van der Waals surface area contributed by atoms with E-state index in [1.807, 2.05) is 12.2 Å². The minimum atomic E-state index is -1.05. The number of nitrogens with one attached hydrogen (secondary N) is 1. The lowest BCUT2D eigenvalue weighted by Crippen LogP contribution is -2.55. The Labute approximate surface area is 159 Å². The summed E-state index contributed by atoms with van der Waals surface area (Å²) in [5.74, 6) is -0.940. The number of carbonyl (C=O) groups is 3. The van der Waals surface area contributed by atoms with E-state index in [9.17, 15) is 19.5 Å². The smallest absolute Gasteiger partial charge is 0.332 e. The maximum atomic E-state index is 12.9. The number of hydrogen-bond acceptors (Lipinski definition) is 5. The first-order valence-corrected chi connectivity index (χ1v) is 9.74. The van der Waals surface area contributed by atoms with Gasteiger partial charge in [-0.1, -0.05) is 12.2 Å². The zero-order valence-corrected chi connectivity index (χ0v) is 16.0. The summed E-state index contributed by atoms with van der Waals surface area (Å²) in [4.78, 5) is 41.2. The molecule has 1 aliphatic carbocycles. The number of hydrogen-bond donors (Lipinski definition) is 2. The maximum absolute atomic E-state index is 12.9. The largest absolute Gasteiger partial charge is 0.464 e. The predicted molar refractivity (Wildman–Crippen MR) is 97.7 cm³/mol. The number of allylic oxidation sites excluding steroid dienone is 1. The van der Waals surface area contributed by atoms with Gasteiger partial charge in [-0.25, -0.2) is 9.59 Å². The molecule has 27 heavy (non-hydrogen) atoms. The lowest BCUT2D eigenvalue weighted by Gasteiger charge is -2.30. The number of nitrogens with zero attached hydrogens (tertiary/aromatic N) is 2. The van der Waals surface area contributed by atoms with Crippen molar-refractivity contribution in [1.82, 2.24) is 15.1 Å². The molecule has 0 bridgehead atoms. The normalized spacial score (nSPS) is 35.6. The topological polar surface area (TPSA) is 99.2 Å². The van der Waals surface area contributed by atoms with Crippen LogP contribution >= 0.6 is 0 Å². The van der Waals surface area contributed by atoms with E-state index in [0.29, 0.717) is 13.0 Å². The molecular weight excluding hydrogens is 350 g/mol. The van der Waals surface area contributed by atoms with Crippen molar-refractivity contribution in [1.29, 1.82) is 0 Å². The Hall–Kier alpha value is -2.09. The molecule has 1 saturated heterocycles. The molecule has 0 unspecified atom stereocenters. The minimum Gasteiger partial charge on any atom is -0.464 e. The average molecular weight is 379 g/mol. The van der Waals surface area contributed by atoms with Crippen molar-refractivity contribution in [2.75, 3.05) is 26.7 Å². The summed E-state index contributed by atoms with van der Waals surface area (Å²) in [6.07, 6.45) is 6.59. The van der Waals surface area contributed by atoms with Crippen LogP contribution in [0, 0.1) is 5.92 Å². The molecule has 0 spiro atoms. The van der Waals surface area contributed by atoms with Gasteiger partial charge in [0.2, 0.25) is 5.91 Å². The number of esters is 1. The van der Waals surface area contributed by atoms with E-state index in [0.717, 1.165) is 19.3 Å². The predicted octanol–water partition coefficient (Wildman–Crippen LogP) is 0.652. The first-order valence-electron chi connectivity index (χ1n) is 9.74. The zero-order chi connectivity index (χ0) is 19.6. The molecule has 1 saturated carbocycles. The standard InChI is InChI=1S/C19H29N3O5/c1-3-27-17(25)19-11-13(19)8-6-4-5-7-9-21(2)18(26)22-12-14(23)10-15(22)16(24)20-19/h6,8,13-15,23H,3-5,7,9-12H2,1-2H3,(H,20,24)/b8-6-/t13-,14-,15+,19-/m1/s1. The van der Waals surface area contributed by atoms with Crippen LogP contribution in [0.25, 0.3) is 0 Å². The molecule has 3 aliphatic rings. The van der Waals surface area contributed by atoms with Gasteiger partial charge in [0.1, 0.15) is 11.6 Å². The summed E-state index contributed by atoms with van der Waals surface area (Å²) < 4.78 is 5.19. The van der Waals surface area contributed by atoms with E-state index in [2.05, 4.69) is 5.32 Å². The Balaban J connectivity index is 1.85. The fourth-order valence-electron chi connectivity index (χ4n) is 3.97. The SMILES string of the molecule is CCOC(=O)[C@@]12C[C@H]1/C=C\CCCCN(C)C(=O)N1C[C@H](O)C[C@H]1C(=O)N2. The summed E-state index contributed by atoms with van der Waals surface area (Å²) in [5.41, 5.74) is -1.05. The third-order valence-corrected chi connectivity index (χ3v) is 5.64. The number of aliphatic hydroxyl groups is 1. The number of urea groups is 1. The lowest BCUT2D eigenvalue weighted by atomic mass is 10.1. The highest BCUT2D eigenvalue weighted by Gasteiger charge is 2.62. The third kappa shape index (κ3) is 3.95. The van der Waals surface area contributed by atoms with Gasteiger partial charge in [0.15, 0.2) is 0 Å². The summed E-state index contributed by atoms with van der Waals surface area (Å²) in [6, 6.07) is -1.05. The van der Waals surface area contributed by atoms with Crippen LogP contribution in [-0.4, -0.2) is 77.2 Å². The average Bonchev–Trinajstić information content (AvgIpc) is 3.18. The molecule has 3 rings (SSSR count). The second-order valence-electron chi connectivity index (χ2n) is 7.68. The number of aliphatic hydroxyl groups excluding tert-OH is 1. The van der Waals surface area contributed by atoms with Gasteiger partial charge in [0.05, 0.1) is 12.7 Å². The first-order chi connectivity index (χ1) is 12.9. The molecule has 2 aliphatic heterocycles. The molecule has 0 aromatic rings. The zero-order valence-electron chi connectivity index (χ0n) is 16.0. The summed E-state index contributed by atoms with van der Waals surface area (Å²) in [5, 5.41) is 12.9. The van der Waals surface area contributed by atoms with Crippen molar-refractivity contribution in [2.24, 2.45) is 5.92 Å². The molecule has 2 N–H and O–H groups in total. The van der Waals surface area contributed by atoms with Gasteiger partial charge in [-0.3, -0.25) is 4.79 Å². The van der Waals surface area contributed by atoms with E-state index in [1.165, 1.54) is 4.90 Å². The Morgan fingerprint density at radius 3 is 2.93 bits per heavy atom. The van der Waals surface area contributed by atoms with Gasteiger partial charge >= 0.3 is 12.0 Å². The molecule has 2 fully saturated rings. The van der Waals surface area contributed by atoms with Crippen molar-refractivity contribution in [3.63, 3.8) is 0 Å². The van der Waals surface area contributed by atoms with Crippen LogP contribution < -0.4 is 5.32 Å². The fourth-order valence-corrected chi connectivity index (χ4v) is 3.97. The minimum absolute atomic E-state index is 0.0957. The highest BCUT2D eigenvalue weighted by molar-refractivity contribution is 5.95. The second-order valence-corrected chi connectivity index (χ2v) is 7.68.